The number of methoxy groups -OCH3 is 1. The number of aromatic nitrogens is 2. The third kappa shape index (κ3) is 11.2. The van der Waals surface area contributed by atoms with Gasteiger partial charge in [-0.05, 0) is 93.8 Å². The third-order valence-corrected chi connectivity index (χ3v) is 10.3. The van der Waals surface area contributed by atoms with Crippen LogP contribution in [0.15, 0.2) is 109 Å². The molecule has 0 spiro atoms. The summed E-state index contributed by atoms with van der Waals surface area (Å²) in [7, 11) is 1.26. The van der Waals surface area contributed by atoms with Gasteiger partial charge in [0.1, 0.15) is 11.6 Å². The van der Waals surface area contributed by atoms with E-state index in [-0.39, 0.29) is 56.0 Å². The molecule has 2 heterocycles. The molecular formula is C49H56F2N2O7. The van der Waals surface area contributed by atoms with E-state index in [0.717, 1.165) is 55.4 Å². The second kappa shape index (κ2) is 21.2. The zero-order valence-electron chi connectivity index (χ0n) is 34.7. The minimum atomic E-state index is -1.00. The zero-order chi connectivity index (χ0) is 43.5. The molecule has 0 radical (unpaired) electrons. The van der Waals surface area contributed by atoms with E-state index in [2.05, 4.69) is 47.6 Å². The summed E-state index contributed by atoms with van der Waals surface area (Å²) in [6.07, 6.45) is 3.67. The summed E-state index contributed by atoms with van der Waals surface area (Å²) in [5, 5.41) is 51.6. The molecule has 0 aliphatic rings. The van der Waals surface area contributed by atoms with Crippen LogP contribution in [0.5, 0.6) is 0 Å². The van der Waals surface area contributed by atoms with E-state index in [1.54, 1.807) is 36.4 Å². The molecule has 11 heteroatoms. The SMILES string of the molecule is CC(C)n1c(/C=C/C(O)CC(O)CCO)c(-c2ccc(F)cc2)c2ccccc21.COC(=O)CC(O)CC(O)/C=C/c1c(-c2ccc(F)cc2)c2ccccc2n1C(C)C. The zero-order valence-corrected chi connectivity index (χ0v) is 34.7. The number of aliphatic hydroxyl groups excluding tert-OH is 5. The van der Waals surface area contributed by atoms with Crippen LogP contribution in [0.4, 0.5) is 8.78 Å². The quantitative estimate of drug-likeness (QED) is 0.0614. The van der Waals surface area contributed by atoms with Crippen molar-refractivity contribution in [2.24, 2.45) is 0 Å². The van der Waals surface area contributed by atoms with Crippen molar-refractivity contribution < 1.29 is 43.8 Å². The molecule has 2 aromatic heterocycles. The fourth-order valence-corrected chi connectivity index (χ4v) is 7.59. The number of ether oxygens (including phenoxy) is 1. The largest absolute Gasteiger partial charge is 0.469 e. The van der Waals surface area contributed by atoms with Crippen LogP contribution >= 0.6 is 0 Å². The normalized spacial score (nSPS) is 14.0. The van der Waals surface area contributed by atoms with E-state index < -0.39 is 30.4 Å². The van der Waals surface area contributed by atoms with Crippen LogP contribution in [-0.2, 0) is 9.53 Å². The average Bonchev–Trinajstić information content (AvgIpc) is 3.73. The highest BCUT2D eigenvalue weighted by molar-refractivity contribution is 6.02. The summed E-state index contributed by atoms with van der Waals surface area (Å²) in [5.74, 6) is -1.11. The second-order valence-electron chi connectivity index (χ2n) is 15.4. The van der Waals surface area contributed by atoms with Gasteiger partial charge in [0.2, 0.25) is 0 Å². The van der Waals surface area contributed by atoms with Crippen LogP contribution in [0.3, 0.4) is 0 Å². The maximum absolute atomic E-state index is 13.5. The summed E-state index contributed by atoms with van der Waals surface area (Å²) >= 11 is 0. The Labute approximate surface area is 350 Å². The predicted octanol–water partition coefficient (Wildman–Crippen LogP) is 9.25. The first-order valence-electron chi connectivity index (χ1n) is 20.3. The lowest BCUT2D eigenvalue weighted by molar-refractivity contribution is -0.143. The number of esters is 1. The maximum Gasteiger partial charge on any atom is 0.308 e. The summed E-state index contributed by atoms with van der Waals surface area (Å²) in [6.45, 7) is 8.23. The minimum absolute atomic E-state index is 0.0133. The van der Waals surface area contributed by atoms with E-state index in [9.17, 15) is 34.0 Å². The number of fused-ring (bicyclic) bond motifs is 2. The molecule has 0 amide bonds. The topological polar surface area (TPSA) is 137 Å². The second-order valence-corrected chi connectivity index (χ2v) is 15.4. The van der Waals surface area contributed by atoms with Gasteiger partial charge in [-0.25, -0.2) is 8.78 Å². The van der Waals surface area contributed by atoms with Crippen LogP contribution in [0.2, 0.25) is 0 Å². The van der Waals surface area contributed by atoms with E-state index in [0.29, 0.717) is 0 Å². The van der Waals surface area contributed by atoms with Crippen molar-refractivity contribution in [1.82, 2.24) is 9.13 Å². The average molecular weight is 823 g/mol. The first-order chi connectivity index (χ1) is 28.7. The van der Waals surface area contributed by atoms with Crippen molar-refractivity contribution in [3.05, 3.63) is 132 Å². The molecule has 60 heavy (non-hydrogen) atoms. The lowest BCUT2D eigenvalue weighted by atomic mass is 10.0. The summed E-state index contributed by atoms with van der Waals surface area (Å²) in [5.41, 5.74) is 7.60. The van der Waals surface area contributed by atoms with Crippen molar-refractivity contribution in [2.45, 2.75) is 89.9 Å². The van der Waals surface area contributed by atoms with Gasteiger partial charge >= 0.3 is 5.97 Å². The Balaban J connectivity index is 0.000000228. The number of aliphatic hydroxyl groups is 5. The molecule has 0 bridgehead atoms. The molecule has 0 fully saturated rings. The van der Waals surface area contributed by atoms with Gasteiger partial charge in [0.15, 0.2) is 0 Å². The van der Waals surface area contributed by atoms with E-state index >= 15 is 0 Å². The molecule has 0 aliphatic heterocycles. The number of halogens is 2. The third-order valence-electron chi connectivity index (χ3n) is 10.3. The maximum atomic E-state index is 13.5. The molecule has 6 aromatic rings. The van der Waals surface area contributed by atoms with E-state index in [1.807, 2.05) is 54.6 Å². The monoisotopic (exact) mass is 822 g/mol. The van der Waals surface area contributed by atoms with Crippen LogP contribution < -0.4 is 0 Å². The lowest BCUT2D eigenvalue weighted by Gasteiger charge is -2.15. The molecule has 318 valence electrons. The molecule has 4 atom stereocenters. The van der Waals surface area contributed by atoms with Gasteiger partial charge < -0.3 is 39.4 Å². The fraction of sp³-hybridized carbons (Fsp3) is 0.327. The highest BCUT2D eigenvalue weighted by Gasteiger charge is 2.21. The first-order valence-corrected chi connectivity index (χ1v) is 20.3. The van der Waals surface area contributed by atoms with Crippen molar-refractivity contribution in [3.8, 4) is 22.3 Å². The van der Waals surface area contributed by atoms with Gasteiger partial charge in [0.05, 0.1) is 37.9 Å². The van der Waals surface area contributed by atoms with Crippen LogP contribution in [0.25, 0.3) is 56.2 Å². The molecule has 4 aromatic carbocycles. The van der Waals surface area contributed by atoms with Gasteiger partial charge in [0, 0.05) is 75.9 Å². The molecule has 0 saturated heterocycles. The van der Waals surface area contributed by atoms with Gasteiger partial charge in [0.25, 0.3) is 0 Å². The van der Waals surface area contributed by atoms with E-state index in [4.69, 9.17) is 5.11 Å². The Kier molecular flexibility index (Phi) is 16.1. The molecule has 4 unspecified atom stereocenters. The van der Waals surface area contributed by atoms with Gasteiger partial charge in [-0.15, -0.1) is 0 Å². The molecular weight excluding hydrogens is 767 g/mol. The Morgan fingerprint density at radius 3 is 1.42 bits per heavy atom. The number of hydrogen-bond acceptors (Lipinski definition) is 7. The molecule has 9 nitrogen and oxygen atoms in total. The number of rotatable bonds is 16. The fourth-order valence-electron chi connectivity index (χ4n) is 7.59. The van der Waals surface area contributed by atoms with Crippen molar-refractivity contribution in [1.29, 1.82) is 0 Å². The summed E-state index contributed by atoms with van der Waals surface area (Å²) < 4.78 is 35.9. The number of hydrogen-bond donors (Lipinski definition) is 5. The first kappa shape index (κ1) is 45.7. The summed E-state index contributed by atoms with van der Waals surface area (Å²) in [6, 6.07) is 29.2. The van der Waals surface area contributed by atoms with E-state index in [1.165, 1.54) is 31.4 Å². The Morgan fingerprint density at radius 2 is 1.03 bits per heavy atom. The summed E-state index contributed by atoms with van der Waals surface area (Å²) in [4.78, 5) is 11.3. The Morgan fingerprint density at radius 1 is 0.633 bits per heavy atom. The standard InChI is InChI=1S/C25H28FNO4.C24H28FNO3/c1-16(2)27-22-7-5-4-6-21(22)25(17-8-10-18(26)11-9-17)23(27)13-12-19(28)14-20(29)15-24(30)31-3;1-16(2)26-22-6-4-3-5-21(22)24(17-7-9-18(25)10-8-17)23(26)12-11-19(28)15-20(29)13-14-27/h4-13,16,19-20,28-29H,14-15H2,1-3H3;3-12,16,19-20,27-29H,13-15H2,1-2H3/b13-12+;12-11+. The van der Waals surface area contributed by atoms with Gasteiger partial charge in [-0.1, -0.05) is 72.8 Å². The van der Waals surface area contributed by atoms with Crippen molar-refractivity contribution in [3.63, 3.8) is 0 Å². The van der Waals surface area contributed by atoms with Crippen molar-refractivity contribution in [2.75, 3.05) is 13.7 Å². The molecule has 0 saturated carbocycles. The van der Waals surface area contributed by atoms with Gasteiger partial charge in [-0.2, -0.15) is 0 Å². The molecule has 6 rings (SSSR count). The van der Waals surface area contributed by atoms with Crippen molar-refractivity contribution >= 4 is 39.9 Å². The number of carbonyl (C=O) groups is 1. The van der Waals surface area contributed by atoms with Gasteiger partial charge in [-0.3, -0.25) is 4.79 Å². The van der Waals surface area contributed by atoms with Crippen LogP contribution in [-0.4, -0.2) is 78.8 Å². The smallest absolute Gasteiger partial charge is 0.308 e. The Bertz CT molecular complexity index is 2380. The molecule has 0 aliphatic carbocycles. The highest BCUT2D eigenvalue weighted by Crippen LogP contribution is 2.39. The lowest BCUT2D eigenvalue weighted by Crippen LogP contribution is -2.20. The number of carbonyl (C=O) groups excluding carboxylic acids is 1. The number of para-hydroxylation sites is 2. The minimum Gasteiger partial charge on any atom is -0.469 e. The predicted molar refractivity (Wildman–Crippen MR) is 235 cm³/mol. The Hall–Kier alpha value is -5.43. The number of nitrogens with zero attached hydrogens (tertiary/aromatic N) is 2. The van der Waals surface area contributed by atoms with Crippen LogP contribution in [0, 0.1) is 11.6 Å². The number of benzene rings is 4. The highest BCUT2D eigenvalue weighted by atomic mass is 19.1. The molecule has 5 N–H and O–H groups in total. The van der Waals surface area contributed by atoms with Crippen LogP contribution in [0.1, 0.15) is 76.8 Å².